The van der Waals surface area contributed by atoms with Gasteiger partial charge in [0.15, 0.2) is 11.6 Å². The van der Waals surface area contributed by atoms with Crippen molar-refractivity contribution in [3.05, 3.63) is 88.9 Å². The zero-order valence-corrected chi connectivity index (χ0v) is 17.3. The molecule has 0 fully saturated rings. The fourth-order valence-electron chi connectivity index (χ4n) is 3.27. The molecule has 0 radical (unpaired) electrons. The summed E-state index contributed by atoms with van der Waals surface area (Å²) in [5.41, 5.74) is 2.87. The minimum Gasteiger partial charge on any atom is -0.493 e. The fraction of sp³-hybridized carbons (Fsp3) is 0.217. The molecule has 0 unspecified atom stereocenters. The van der Waals surface area contributed by atoms with Crippen LogP contribution in [0.2, 0.25) is 0 Å². The lowest BCUT2D eigenvalue weighted by atomic mass is 10.1. The van der Waals surface area contributed by atoms with Crippen molar-refractivity contribution in [2.24, 2.45) is 0 Å². The van der Waals surface area contributed by atoms with Gasteiger partial charge in [0.25, 0.3) is 0 Å². The van der Waals surface area contributed by atoms with Gasteiger partial charge in [0.05, 0.1) is 18.0 Å². The Morgan fingerprint density at radius 3 is 2.42 bits per heavy atom. The Morgan fingerprint density at radius 1 is 1.03 bits per heavy atom. The number of aromatic carboxylic acids is 1. The van der Waals surface area contributed by atoms with Crippen molar-refractivity contribution in [2.45, 2.75) is 26.7 Å². The van der Waals surface area contributed by atoms with E-state index >= 15 is 0 Å². The minimum atomic E-state index is -1.10. The number of carboxylic acids is 1. The number of hydrogen-bond donors (Lipinski definition) is 1. The van der Waals surface area contributed by atoms with E-state index in [2.05, 4.69) is 15.2 Å². The summed E-state index contributed by atoms with van der Waals surface area (Å²) in [4.78, 5) is 17.3. The number of para-hydroxylation sites is 1. The first-order valence-electron chi connectivity index (χ1n) is 9.89. The van der Waals surface area contributed by atoms with Crippen LogP contribution in [-0.2, 0) is 12.8 Å². The first kappa shape index (κ1) is 20.3. The molecule has 8 nitrogen and oxygen atoms in total. The number of aromatic nitrogens is 4. The fourth-order valence-corrected chi connectivity index (χ4v) is 3.27. The molecule has 4 aromatic rings. The van der Waals surface area contributed by atoms with Crippen LogP contribution in [0.4, 0.5) is 0 Å². The number of benzene rings is 2. The van der Waals surface area contributed by atoms with Gasteiger partial charge in [-0.3, -0.25) is 0 Å². The number of rotatable bonds is 8. The van der Waals surface area contributed by atoms with Gasteiger partial charge in [0.2, 0.25) is 0 Å². The van der Waals surface area contributed by atoms with Crippen molar-refractivity contribution < 1.29 is 19.1 Å². The highest BCUT2D eigenvalue weighted by Gasteiger charge is 2.18. The number of carbonyl (C=O) groups is 1. The van der Waals surface area contributed by atoms with E-state index in [1.807, 2.05) is 68.4 Å². The summed E-state index contributed by atoms with van der Waals surface area (Å²) in [6.45, 7) is 4.20. The van der Waals surface area contributed by atoms with Crippen LogP contribution in [0.3, 0.4) is 0 Å². The Bertz CT molecular complexity index is 1180. The van der Waals surface area contributed by atoms with Gasteiger partial charge in [0, 0.05) is 19.8 Å². The highest BCUT2D eigenvalue weighted by Crippen LogP contribution is 2.18. The Labute approximate surface area is 179 Å². The molecule has 0 saturated carbocycles. The van der Waals surface area contributed by atoms with E-state index in [0.29, 0.717) is 36.7 Å². The Hall–Kier alpha value is -3.94. The molecule has 0 aliphatic carbocycles. The van der Waals surface area contributed by atoms with Crippen LogP contribution in [0.5, 0.6) is 5.75 Å². The molecular weight excluding hydrogens is 396 g/mol. The van der Waals surface area contributed by atoms with Crippen LogP contribution in [0.25, 0.3) is 5.69 Å². The van der Waals surface area contributed by atoms with Gasteiger partial charge >= 0.3 is 5.97 Å². The second kappa shape index (κ2) is 8.83. The average molecular weight is 418 g/mol. The molecule has 0 saturated heterocycles. The second-order valence-corrected chi connectivity index (χ2v) is 7.08. The van der Waals surface area contributed by atoms with Gasteiger partial charge in [-0.25, -0.2) is 9.78 Å². The molecule has 158 valence electrons. The third kappa shape index (κ3) is 4.80. The predicted octanol–water partition coefficient (Wildman–Crippen LogP) is 3.78. The van der Waals surface area contributed by atoms with Crippen molar-refractivity contribution in [1.82, 2.24) is 20.0 Å². The quantitative estimate of drug-likeness (QED) is 0.464. The molecule has 2 aromatic heterocycles. The normalized spacial score (nSPS) is 10.9. The molecule has 0 spiro atoms. The van der Waals surface area contributed by atoms with E-state index in [9.17, 15) is 9.90 Å². The predicted molar refractivity (Wildman–Crippen MR) is 113 cm³/mol. The number of carboxylic acid groups (broad SMARTS) is 1. The van der Waals surface area contributed by atoms with E-state index in [0.717, 1.165) is 22.8 Å². The summed E-state index contributed by atoms with van der Waals surface area (Å²) < 4.78 is 11.2. The van der Waals surface area contributed by atoms with Gasteiger partial charge in [-0.05, 0) is 36.8 Å². The molecule has 0 amide bonds. The van der Waals surface area contributed by atoms with Crippen molar-refractivity contribution in [2.75, 3.05) is 6.61 Å². The topological polar surface area (TPSA) is 103 Å². The van der Waals surface area contributed by atoms with Crippen LogP contribution in [0, 0.1) is 13.8 Å². The third-order valence-corrected chi connectivity index (χ3v) is 4.78. The van der Waals surface area contributed by atoms with Gasteiger partial charge < -0.3 is 14.3 Å². The van der Waals surface area contributed by atoms with Gasteiger partial charge in [-0.2, -0.15) is 9.90 Å². The molecular formula is C23H22N4O4. The molecule has 0 aliphatic heterocycles. The molecule has 1 N–H and O–H groups in total. The van der Waals surface area contributed by atoms with Crippen LogP contribution < -0.4 is 4.74 Å². The molecule has 8 heteroatoms. The Balaban J connectivity index is 1.42. The van der Waals surface area contributed by atoms with Crippen molar-refractivity contribution >= 4 is 5.97 Å². The van der Waals surface area contributed by atoms with Crippen LogP contribution in [0.1, 0.15) is 39.1 Å². The highest BCUT2D eigenvalue weighted by molar-refractivity contribution is 5.86. The molecule has 2 aromatic carbocycles. The van der Waals surface area contributed by atoms with E-state index in [1.54, 1.807) is 0 Å². The van der Waals surface area contributed by atoms with Gasteiger partial charge in [-0.15, -0.1) is 5.10 Å². The van der Waals surface area contributed by atoms with E-state index in [-0.39, 0.29) is 5.69 Å². The summed E-state index contributed by atoms with van der Waals surface area (Å²) in [5, 5.41) is 18.0. The minimum absolute atomic E-state index is 0.0533. The summed E-state index contributed by atoms with van der Waals surface area (Å²) >= 11 is 0. The first-order valence-corrected chi connectivity index (χ1v) is 9.89. The van der Waals surface area contributed by atoms with Crippen LogP contribution in [0.15, 0.2) is 59.0 Å². The van der Waals surface area contributed by atoms with E-state index < -0.39 is 5.97 Å². The smallest absolute Gasteiger partial charge is 0.358 e. The largest absolute Gasteiger partial charge is 0.493 e. The average Bonchev–Trinajstić information content (AvgIpc) is 3.32. The molecule has 0 bridgehead atoms. The van der Waals surface area contributed by atoms with Crippen molar-refractivity contribution in [3.63, 3.8) is 0 Å². The zero-order valence-electron chi connectivity index (χ0n) is 17.3. The van der Waals surface area contributed by atoms with Crippen LogP contribution >= 0.6 is 0 Å². The number of hydrogen-bond acceptors (Lipinski definition) is 6. The van der Waals surface area contributed by atoms with Crippen molar-refractivity contribution in [1.29, 1.82) is 0 Å². The van der Waals surface area contributed by atoms with Crippen molar-refractivity contribution in [3.8, 4) is 11.4 Å². The molecule has 0 atom stereocenters. The SMILES string of the molecule is Cc1nc(CCOc2ccc(Cc3nn(-c4ccccc4)nc3C(=O)O)cc2)c(C)o1. The Morgan fingerprint density at radius 2 is 1.77 bits per heavy atom. The number of ether oxygens (including phenoxy) is 1. The summed E-state index contributed by atoms with van der Waals surface area (Å²) in [6.07, 6.45) is 1.02. The van der Waals surface area contributed by atoms with E-state index in [1.165, 1.54) is 4.80 Å². The summed E-state index contributed by atoms with van der Waals surface area (Å²) in [6, 6.07) is 16.7. The maximum atomic E-state index is 11.6. The standard InChI is InChI=1S/C23H22N4O4/c1-15-20(24-16(2)31-15)12-13-30-19-10-8-17(9-11-19)14-21-22(23(28)29)26-27(25-21)18-6-4-3-5-7-18/h3-11H,12-14H2,1-2H3,(H,28,29). The molecule has 4 rings (SSSR count). The summed E-state index contributed by atoms with van der Waals surface area (Å²) in [5.74, 6) is 1.10. The molecule has 2 heterocycles. The van der Waals surface area contributed by atoms with E-state index in [4.69, 9.17) is 9.15 Å². The number of aryl methyl sites for hydroxylation is 2. The molecule has 31 heavy (non-hydrogen) atoms. The lowest BCUT2D eigenvalue weighted by molar-refractivity contribution is 0.0689. The third-order valence-electron chi connectivity index (χ3n) is 4.78. The monoisotopic (exact) mass is 418 g/mol. The number of oxazole rings is 1. The molecule has 0 aliphatic rings. The van der Waals surface area contributed by atoms with Gasteiger partial charge in [-0.1, -0.05) is 30.3 Å². The Kier molecular flexibility index (Phi) is 5.79. The van der Waals surface area contributed by atoms with Crippen LogP contribution in [-0.4, -0.2) is 37.7 Å². The first-order chi connectivity index (χ1) is 15.0. The highest BCUT2D eigenvalue weighted by atomic mass is 16.5. The van der Waals surface area contributed by atoms with Gasteiger partial charge in [0.1, 0.15) is 17.2 Å². The summed E-state index contributed by atoms with van der Waals surface area (Å²) in [7, 11) is 0. The maximum Gasteiger partial charge on any atom is 0.358 e. The lowest BCUT2D eigenvalue weighted by Crippen LogP contribution is -2.04. The number of nitrogens with zero attached hydrogens (tertiary/aromatic N) is 4. The lowest BCUT2D eigenvalue weighted by Gasteiger charge is -2.06. The maximum absolute atomic E-state index is 11.6. The zero-order chi connectivity index (χ0) is 21.8. The second-order valence-electron chi connectivity index (χ2n) is 7.08.